The Morgan fingerprint density at radius 2 is 2.27 bits per heavy atom. The van der Waals surface area contributed by atoms with Gasteiger partial charge in [-0.25, -0.2) is 10.6 Å². The van der Waals surface area contributed by atoms with Crippen LogP contribution in [0.5, 0.6) is 0 Å². The third kappa shape index (κ3) is 3.09. The molecule has 0 spiro atoms. The second kappa shape index (κ2) is 5.14. The highest BCUT2D eigenvalue weighted by Gasteiger charge is 2.05. The number of ether oxygens (including phenoxy) is 1. The van der Waals surface area contributed by atoms with E-state index in [0.717, 1.165) is 11.3 Å². The molecular weight excluding hydrogens is 216 g/mol. The van der Waals surface area contributed by atoms with Gasteiger partial charge in [0.05, 0.1) is 16.9 Å². The van der Waals surface area contributed by atoms with Crippen molar-refractivity contribution in [2.24, 2.45) is 5.84 Å². The Morgan fingerprint density at radius 3 is 2.87 bits per heavy atom. The summed E-state index contributed by atoms with van der Waals surface area (Å²) in [6, 6.07) is 3.21. The molecule has 5 nitrogen and oxygen atoms in total. The number of carbonyl (C=O) groups is 2. The Labute approximate surface area is 90.2 Å². The molecule has 0 aromatic carbocycles. The molecule has 1 amide bonds. The van der Waals surface area contributed by atoms with Crippen LogP contribution in [0.3, 0.4) is 0 Å². The fourth-order valence-electron chi connectivity index (χ4n) is 0.762. The molecule has 0 saturated heterocycles. The lowest BCUT2D eigenvalue weighted by atomic mass is 10.4. The summed E-state index contributed by atoms with van der Waals surface area (Å²) >= 11 is 1.14. The van der Waals surface area contributed by atoms with Crippen molar-refractivity contribution in [1.82, 2.24) is 5.43 Å². The summed E-state index contributed by atoms with van der Waals surface area (Å²) in [5, 5.41) is 0. The standard InChI is InChI=1S/C9H8N2O3S/c1-14-8(12)5-3-6-2-4-7(15-6)9(13)11-10/h2,4H,10H2,1H3,(H,11,13). The SMILES string of the molecule is COC(=O)C#Cc1ccc(C(=O)NN)s1. The predicted octanol–water partition coefficient (Wildman–Crippen LogP) is -0.124. The average molecular weight is 224 g/mol. The van der Waals surface area contributed by atoms with Gasteiger partial charge in [0.2, 0.25) is 0 Å². The van der Waals surface area contributed by atoms with Gasteiger partial charge in [-0.15, -0.1) is 11.3 Å². The molecule has 1 rings (SSSR count). The van der Waals surface area contributed by atoms with Gasteiger partial charge in [0.1, 0.15) is 0 Å². The fourth-order valence-corrected chi connectivity index (χ4v) is 1.52. The minimum absolute atomic E-state index is 0.383. The lowest BCUT2D eigenvalue weighted by Crippen LogP contribution is -2.29. The quantitative estimate of drug-likeness (QED) is 0.229. The van der Waals surface area contributed by atoms with E-state index in [1.807, 2.05) is 5.43 Å². The van der Waals surface area contributed by atoms with Crippen LogP contribution < -0.4 is 11.3 Å². The van der Waals surface area contributed by atoms with Gasteiger partial charge in [0.25, 0.3) is 5.91 Å². The molecule has 0 bridgehead atoms. The molecule has 3 N–H and O–H groups in total. The van der Waals surface area contributed by atoms with Gasteiger partial charge in [0.15, 0.2) is 0 Å². The first-order chi connectivity index (χ1) is 7.17. The second-order valence-corrected chi connectivity index (χ2v) is 3.46. The molecule has 78 valence electrons. The monoisotopic (exact) mass is 224 g/mol. The van der Waals surface area contributed by atoms with E-state index >= 15 is 0 Å². The summed E-state index contributed by atoms with van der Waals surface area (Å²) in [4.78, 5) is 22.8. The predicted molar refractivity (Wildman–Crippen MR) is 54.9 cm³/mol. The zero-order chi connectivity index (χ0) is 11.3. The third-order valence-electron chi connectivity index (χ3n) is 1.43. The third-order valence-corrected chi connectivity index (χ3v) is 2.43. The highest BCUT2D eigenvalue weighted by atomic mass is 32.1. The molecule has 0 unspecified atom stereocenters. The van der Waals surface area contributed by atoms with Crippen LogP contribution in [-0.4, -0.2) is 19.0 Å². The minimum Gasteiger partial charge on any atom is -0.459 e. The topological polar surface area (TPSA) is 81.4 Å². The molecule has 0 aliphatic carbocycles. The molecule has 0 radical (unpaired) electrons. The van der Waals surface area contributed by atoms with E-state index in [0.29, 0.717) is 9.75 Å². The Kier molecular flexibility index (Phi) is 3.85. The van der Waals surface area contributed by atoms with Gasteiger partial charge in [-0.3, -0.25) is 10.2 Å². The van der Waals surface area contributed by atoms with Crippen LogP contribution in [0.15, 0.2) is 12.1 Å². The van der Waals surface area contributed by atoms with E-state index < -0.39 is 5.97 Å². The lowest BCUT2D eigenvalue weighted by molar-refractivity contribution is -0.133. The van der Waals surface area contributed by atoms with E-state index in [9.17, 15) is 9.59 Å². The molecule has 15 heavy (non-hydrogen) atoms. The second-order valence-electron chi connectivity index (χ2n) is 2.38. The number of thiophene rings is 1. The summed E-state index contributed by atoms with van der Waals surface area (Å²) in [5.74, 6) is 8.78. The summed E-state index contributed by atoms with van der Waals surface area (Å²) in [5.41, 5.74) is 2.00. The minimum atomic E-state index is -0.617. The van der Waals surface area contributed by atoms with E-state index in [1.54, 1.807) is 12.1 Å². The number of nitrogen functional groups attached to an aromatic ring is 1. The van der Waals surface area contributed by atoms with Gasteiger partial charge in [0, 0.05) is 5.92 Å². The average Bonchev–Trinajstić information content (AvgIpc) is 2.73. The normalized spacial score (nSPS) is 8.67. The number of nitrogens with one attached hydrogen (secondary N) is 1. The first-order valence-corrected chi connectivity index (χ1v) is 4.69. The van der Waals surface area contributed by atoms with Gasteiger partial charge in [-0.1, -0.05) is 0 Å². The molecule has 0 atom stereocenters. The zero-order valence-corrected chi connectivity index (χ0v) is 8.68. The first kappa shape index (κ1) is 11.2. The van der Waals surface area contributed by atoms with Crippen molar-refractivity contribution >= 4 is 23.2 Å². The molecular formula is C9H8N2O3S. The number of carbonyl (C=O) groups excluding carboxylic acids is 2. The van der Waals surface area contributed by atoms with Gasteiger partial charge < -0.3 is 4.74 Å². The maximum absolute atomic E-state index is 11.1. The number of hydrogen-bond donors (Lipinski definition) is 2. The summed E-state index contributed by atoms with van der Waals surface area (Å²) in [6.45, 7) is 0. The molecule has 6 heteroatoms. The van der Waals surface area contributed by atoms with E-state index in [-0.39, 0.29) is 5.91 Å². The van der Waals surface area contributed by atoms with E-state index in [2.05, 4.69) is 16.6 Å². The summed E-state index contributed by atoms with van der Waals surface area (Å²) in [6.07, 6.45) is 0. The van der Waals surface area contributed by atoms with Crippen molar-refractivity contribution in [1.29, 1.82) is 0 Å². The van der Waals surface area contributed by atoms with Crippen LogP contribution in [0.25, 0.3) is 0 Å². The van der Waals surface area contributed by atoms with Crippen LogP contribution in [0.1, 0.15) is 14.5 Å². The zero-order valence-electron chi connectivity index (χ0n) is 7.87. The molecule has 1 aromatic rings. The maximum atomic E-state index is 11.1. The van der Waals surface area contributed by atoms with Crippen molar-refractivity contribution in [3.63, 3.8) is 0 Å². The maximum Gasteiger partial charge on any atom is 0.384 e. The number of hydrazine groups is 1. The molecule has 0 aliphatic heterocycles. The van der Waals surface area contributed by atoms with Gasteiger partial charge >= 0.3 is 5.97 Å². The van der Waals surface area contributed by atoms with Crippen LogP contribution in [0.4, 0.5) is 0 Å². The van der Waals surface area contributed by atoms with Crippen LogP contribution in [-0.2, 0) is 9.53 Å². The number of methoxy groups -OCH3 is 1. The van der Waals surface area contributed by atoms with Crippen molar-refractivity contribution in [3.05, 3.63) is 21.9 Å². The first-order valence-electron chi connectivity index (χ1n) is 3.88. The largest absolute Gasteiger partial charge is 0.459 e. The Morgan fingerprint density at radius 1 is 1.53 bits per heavy atom. The lowest BCUT2D eigenvalue weighted by Gasteiger charge is -1.91. The van der Waals surface area contributed by atoms with E-state index in [4.69, 9.17) is 5.84 Å². The number of esters is 1. The van der Waals surface area contributed by atoms with Crippen molar-refractivity contribution in [3.8, 4) is 11.8 Å². The number of nitrogens with two attached hydrogens (primary N) is 1. The fraction of sp³-hybridized carbons (Fsp3) is 0.111. The smallest absolute Gasteiger partial charge is 0.384 e. The Balaban J connectivity index is 2.79. The van der Waals surface area contributed by atoms with Crippen LogP contribution in [0, 0.1) is 11.8 Å². The number of rotatable bonds is 1. The molecule has 1 aromatic heterocycles. The van der Waals surface area contributed by atoms with Gasteiger partial charge in [-0.05, 0) is 18.1 Å². The molecule has 0 fully saturated rings. The molecule has 0 aliphatic rings. The highest BCUT2D eigenvalue weighted by molar-refractivity contribution is 7.14. The van der Waals surface area contributed by atoms with Crippen LogP contribution in [0.2, 0.25) is 0 Å². The molecule has 0 saturated carbocycles. The van der Waals surface area contributed by atoms with Crippen molar-refractivity contribution in [2.75, 3.05) is 7.11 Å². The Bertz CT molecular complexity index is 442. The number of amides is 1. The van der Waals surface area contributed by atoms with Gasteiger partial charge in [-0.2, -0.15) is 0 Å². The number of hydrogen-bond acceptors (Lipinski definition) is 5. The van der Waals surface area contributed by atoms with Crippen LogP contribution >= 0.6 is 11.3 Å². The van der Waals surface area contributed by atoms with Crippen molar-refractivity contribution < 1.29 is 14.3 Å². The van der Waals surface area contributed by atoms with Crippen molar-refractivity contribution in [2.45, 2.75) is 0 Å². The summed E-state index contributed by atoms with van der Waals surface area (Å²) < 4.78 is 4.34. The molecule has 1 heterocycles. The Hall–Kier alpha value is -1.84. The van der Waals surface area contributed by atoms with E-state index in [1.165, 1.54) is 7.11 Å². The highest BCUT2D eigenvalue weighted by Crippen LogP contribution is 2.14. The summed E-state index contributed by atoms with van der Waals surface area (Å²) in [7, 11) is 1.25.